The molecule has 172 valence electrons. The highest BCUT2D eigenvalue weighted by Crippen LogP contribution is 2.28. The van der Waals surface area contributed by atoms with E-state index in [1.165, 1.54) is 12.4 Å². The topological polar surface area (TPSA) is 93.1 Å². The molecule has 0 spiro atoms. The van der Waals surface area contributed by atoms with Gasteiger partial charge in [0.15, 0.2) is 17.4 Å². The highest BCUT2D eigenvalue weighted by atomic mass is 19.1. The molecule has 3 heterocycles. The number of carbonyl (C=O) groups is 1. The van der Waals surface area contributed by atoms with Gasteiger partial charge in [0.2, 0.25) is 11.8 Å². The molecular formula is C23H24F2N6O2. The molecular weight excluding hydrogens is 430 g/mol. The summed E-state index contributed by atoms with van der Waals surface area (Å²) in [4.78, 5) is 30.6. The number of aromatic nitrogens is 4. The van der Waals surface area contributed by atoms with E-state index >= 15 is 0 Å². The molecule has 0 radical (unpaired) electrons. The van der Waals surface area contributed by atoms with Crippen LogP contribution in [0.1, 0.15) is 35.9 Å². The molecule has 0 atom stereocenters. The van der Waals surface area contributed by atoms with Gasteiger partial charge in [-0.05, 0) is 36.8 Å². The highest BCUT2D eigenvalue weighted by molar-refractivity contribution is 6.01. The molecule has 1 amide bonds. The van der Waals surface area contributed by atoms with Crippen molar-refractivity contribution >= 4 is 17.5 Å². The number of amides is 1. The lowest BCUT2D eigenvalue weighted by atomic mass is 9.98. The van der Waals surface area contributed by atoms with Crippen LogP contribution < -0.4 is 15.0 Å². The van der Waals surface area contributed by atoms with Gasteiger partial charge in [-0.2, -0.15) is 0 Å². The normalized spacial score (nSPS) is 14.2. The molecule has 0 bridgehead atoms. The van der Waals surface area contributed by atoms with E-state index in [0.717, 1.165) is 50.0 Å². The molecule has 0 unspecified atom stereocenters. The second-order valence-corrected chi connectivity index (χ2v) is 7.78. The first-order valence-electron chi connectivity index (χ1n) is 10.8. The van der Waals surface area contributed by atoms with Crippen molar-refractivity contribution in [3.8, 4) is 5.75 Å². The standard InChI is InChI=1S/C23H24F2N6O2/c1-2-15-12-28-23(29-13-15)31-8-4-16(5-9-31)14-33-20-18(24)10-17(11-19(20)25)30-22(32)21-26-6-3-7-27-21/h3,6-7,10-13,16H,2,4-5,8-9,14H2,1H3,(H,30,32). The van der Waals surface area contributed by atoms with E-state index < -0.39 is 23.3 Å². The summed E-state index contributed by atoms with van der Waals surface area (Å²) >= 11 is 0. The first kappa shape index (κ1) is 22.5. The van der Waals surface area contributed by atoms with Crippen molar-refractivity contribution in [2.75, 3.05) is 29.9 Å². The van der Waals surface area contributed by atoms with Gasteiger partial charge in [0.1, 0.15) is 0 Å². The van der Waals surface area contributed by atoms with Crippen LogP contribution in [0.15, 0.2) is 43.0 Å². The average molecular weight is 454 g/mol. The molecule has 3 aromatic rings. The number of ether oxygens (including phenoxy) is 1. The predicted octanol–water partition coefficient (Wildman–Crippen LogP) is 3.65. The Labute approximate surface area is 190 Å². The lowest BCUT2D eigenvalue weighted by molar-refractivity contribution is 0.101. The number of piperidine rings is 1. The molecule has 0 aliphatic carbocycles. The Morgan fingerprint density at radius 2 is 1.73 bits per heavy atom. The van der Waals surface area contributed by atoms with Crippen molar-refractivity contribution in [3.63, 3.8) is 0 Å². The van der Waals surface area contributed by atoms with E-state index in [1.54, 1.807) is 6.07 Å². The molecule has 8 nitrogen and oxygen atoms in total. The number of benzene rings is 1. The maximum atomic E-state index is 14.5. The summed E-state index contributed by atoms with van der Waals surface area (Å²) in [5.41, 5.74) is 1.04. The Kier molecular flexibility index (Phi) is 7.01. The fourth-order valence-corrected chi connectivity index (χ4v) is 3.57. The van der Waals surface area contributed by atoms with E-state index in [1.807, 2.05) is 12.4 Å². The van der Waals surface area contributed by atoms with Gasteiger partial charge >= 0.3 is 0 Å². The third kappa shape index (κ3) is 5.57. The summed E-state index contributed by atoms with van der Waals surface area (Å²) in [6, 6.07) is 3.59. The van der Waals surface area contributed by atoms with Crippen LogP contribution in [0.4, 0.5) is 20.4 Å². The van der Waals surface area contributed by atoms with Crippen molar-refractivity contribution in [1.29, 1.82) is 0 Å². The number of rotatable bonds is 7. The second kappa shape index (κ2) is 10.3. The van der Waals surface area contributed by atoms with Gasteiger partial charge in [0, 0.05) is 55.7 Å². The quantitative estimate of drug-likeness (QED) is 0.582. The zero-order valence-electron chi connectivity index (χ0n) is 18.2. The highest BCUT2D eigenvalue weighted by Gasteiger charge is 2.23. The van der Waals surface area contributed by atoms with Crippen LogP contribution in [0.3, 0.4) is 0 Å². The van der Waals surface area contributed by atoms with E-state index in [9.17, 15) is 13.6 Å². The van der Waals surface area contributed by atoms with Gasteiger partial charge in [-0.15, -0.1) is 0 Å². The molecule has 1 N–H and O–H groups in total. The first-order valence-corrected chi connectivity index (χ1v) is 10.8. The van der Waals surface area contributed by atoms with Crippen molar-refractivity contribution in [2.24, 2.45) is 5.92 Å². The number of nitrogens with zero attached hydrogens (tertiary/aromatic N) is 5. The lowest BCUT2D eigenvalue weighted by Gasteiger charge is -2.31. The number of aryl methyl sites for hydroxylation is 1. The summed E-state index contributed by atoms with van der Waals surface area (Å²) in [5, 5.41) is 2.38. The summed E-state index contributed by atoms with van der Waals surface area (Å²) in [7, 11) is 0. The SMILES string of the molecule is CCc1cnc(N2CCC(COc3c(F)cc(NC(=O)c4ncccn4)cc3F)CC2)nc1. The van der Waals surface area contributed by atoms with E-state index in [2.05, 4.69) is 37.1 Å². The minimum atomic E-state index is -0.888. The Hall–Kier alpha value is -3.69. The van der Waals surface area contributed by atoms with Gasteiger partial charge in [0.25, 0.3) is 5.91 Å². The molecule has 2 aromatic heterocycles. The molecule has 1 saturated heterocycles. The van der Waals surface area contributed by atoms with Gasteiger partial charge in [-0.25, -0.2) is 28.7 Å². The van der Waals surface area contributed by atoms with Crippen LogP contribution in [0, 0.1) is 17.6 Å². The van der Waals surface area contributed by atoms with Crippen molar-refractivity contribution in [1.82, 2.24) is 19.9 Å². The van der Waals surface area contributed by atoms with Crippen LogP contribution >= 0.6 is 0 Å². The molecule has 10 heteroatoms. The number of carbonyl (C=O) groups excluding carboxylic acids is 1. The van der Waals surface area contributed by atoms with Gasteiger partial charge in [0.05, 0.1) is 6.61 Å². The number of nitrogens with one attached hydrogen (secondary N) is 1. The molecule has 0 saturated carbocycles. The summed E-state index contributed by atoms with van der Waals surface area (Å²) in [6.45, 7) is 3.74. The zero-order chi connectivity index (χ0) is 23.2. The number of anilines is 2. The van der Waals surface area contributed by atoms with Crippen molar-refractivity contribution in [2.45, 2.75) is 26.2 Å². The summed E-state index contributed by atoms with van der Waals surface area (Å²) in [5.74, 6) is -2.14. The molecule has 1 aliphatic rings. The number of hydrogen-bond acceptors (Lipinski definition) is 7. The van der Waals surface area contributed by atoms with Crippen LogP contribution in [0.2, 0.25) is 0 Å². The number of halogens is 2. The molecule has 33 heavy (non-hydrogen) atoms. The second-order valence-electron chi connectivity index (χ2n) is 7.78. The van der Waals surface area contributed by atoms with Crippen LogP contribution in [-0.2, 0) is 6.42 Å². The fraction of sp³-hybridized carbons (Fsp3) is 0.348. The van der Waals surface area contributed by atoms with Crippen molar-refractivity contribution < 1.29 is 18.3 Å². The van der Waals surface area contributed by atoms with E-state index in [0.29, 0.717) is 5.95 Å². The first-order chi connectivity index (χ1) is 16.0. The Morgan fingerprint density at radius 3 is 2.33 bits per heavy atom. The predicted molar refractivity (Wildman–Crippen MR) is 118 cm³/mol. The third-order valence-electron chi connectivity index (χ3n) is 5.49. The van der Waals surface area contributed by atoms with Crippen LogP contribution in [0.5, 0.6) is 5.75 Å². The molecule has 4 rings (SSSR count). The Morgan fingerprint density at radius 1 is 1.09 bits per heavy atom. The fourth-order valence-electron chi connectivity index (χ4n) is 3.57. The maximum Gasteiger partial charge on any atom is 0.293 e. The number of hydrogen-bond donors (Lipinski definition) is 1. The average Bonchev–Trinajstić information content (AvgIpc) is 2.84. The van der Waals surface area contributed by atoms with Gasteiger partial charge in [-0.1, -0.05) is 6.92 Å². The molecule has 1 aromatic carbocycles. The van der Waals surface area contributed by atoms with E-state index in [4.69, 9.17) is 4.74 Å². The van der Waals surface area contributed by atoms with Gasteiger partial charge in [-0.3, -0.25) is 4.79 Å². The minimum absolute atomic E-state index is 0.0443. The zero-order valence-corrected chi connectivity index (χ0v) is 18.2. The molecule has 1 fully saturated rings. The van der Waals surface area contributed by atoms with Crippen LogP contribution in [-0.4, -0.2) is 45.5 Å². The van der Waals surface area contributed by atoms with Crippen LogP contribution in [0.25, 0.3) is 0 Å². The largest absolute Gasteiger partial charge is 0.487 e. The lowest BCUT2D eigenvalue weighted by Crippen LogP contribution is -2.36. The summed E-state index contributed by atoms with van der Waals surface area (Å²) in [6.07, 6.45) is 8.96. The third-order valence-corrected chi connectivity index (χ3v) is 5.49. The minimum Gasteiger partial charge on any atom is -0.487 e. The summed E-state index contributed by atoms with van der Waals surface area (Å²) < 4.78 is 34.5. The van der Waals surface area contributed by atoms with E-state index in [-0.39, 0.29) is 24.0 Å². The Balaban J connectivity index is 1.31. The Bertz CT molecular complexity index is 1070. The molecule has 1 aliphatic heterocycles. The smallest absolute Gasteiger partial charge is 0.293 e. The van der Waals surface area contributed by atoms with Gasteiger partial charge < -0.3 is 15.0 Å². The van der Waals surface area contributed by atoms with Crippen molar-refractivity contribution in [3.05, 3.63) is 66.0 Å². The maximum absolute atomic E-state index is 14.5. The monoisotopic (exact) mass is 454 g/mol.